The topological polar surface area (TPSA) is 25.8 Å². The summed E-state index contributed by atoms with van der Waals surface area (Å²) in [6, 6.07) is 1.75. The first-order valence-corrected chi connectivity index (χ1v) is 1.63. The minimum Gasteiger partial charge on any atom is -0.374 e. The zero-order valence-corrected chi connectivity index (χ0v) is 5.19. The van der Waals surface area contributed by atoms with Crippen LogP contribution < -0.4 is 0 Å². The average molecular weight is 127 g/mol. The molecule has 1 heterocycles. The summed E-state index contributed by atoms with van der Waals surface area (Å²) in [4.78, 5) is 7.10. The van der Waals surface area contributed by atoms with E-state index in [4.69, 9.17) is 0 Å². The number of aromatic nitrogens is 2. The van der Waals surface area contributed by atoms with Gasteiger partial charge in [0.05, 0.1) is 0 Å². The Hall–Kier alpha value is -0.206. The van der Waals surface area contributed by atoms with Crippen molar-refractivity contribution in [2.24, 2.45) is 0 Å². The van der Waals surface area contributed by atoms with Crippen LogP contribution in [0.3, 0.4) is 0 Å². The summed E-state index contributed by atoms with van der Waals surface area (Å²) >= 11 is 0. The Morgan fingerprint density at radius 2 is 1.71 bits per heavy atom. The second kappa shape index (κ2) is 3.97. The zero-order chi connectivity index (χ0) is 4.24. The first kappa shape index (κ1) is 6.79. The predicted octanol–water partition coefficient (Wildman–Crippen LogP) is 0.274. The van der Waals surface area contributed by atoms with Crippen molar-refractivity contribution < 1.29 is 21.7 Å². The molecular formula is C4H3N2Ti-. The molecule has 3 heteroatoms. The van der Waals surface area contributed by atoms with Crippen molar-refractivity contribution in [1.82, 2.24) is 9.97 Å². The van der Waals surface area contributed by atoms with Crippen LogP contribution in [0.15, 0.2) is 18.5 Å². The maximum absolute atomic E-state index is 3.55. The smallest absolute Gasteiger partial charge is 0.0213 e. The van der Waals surface area contributed by atoms with Gasteiger partial charge < -0.3 is 9.97 Å². The maximum Gasteiger partial charge on any atom is 0.0213 e. The molecule has 0 amide bonds. The summed E-state index contributed by atoms with van der Waals surface area (Å²) in [6.07, 6.45) is 5.66. The number of hydrogen-bond donors (Lipinski definition) is 0. The van der Waals surface area contributed by atoms with Crippen LogP contribution in [0, 0.1) is 6.33 Å². The van der Waals surface area contributed by atoms with E-state index in [2.05, 4.69) is 16.3 Å². The standard InChI is InChI=1S/C4H3N2.Ti/c1-2-5-4-6-3-1;/h1-3H;/q-1;. The third-order valence-electron chi connectivity index (χ3n) is 0.437. The molecule has 2 nitrogen and oxygen atoms in total. The Bertz CT molecular complexity index is 81.6. The van der Waals surface area contributed by atoms with E-state index in [9.17, 15) is 0 Å². The molecule has 0 aliphatic heterocycles. The van der Waals surface area contributed by atoms with Gasteiger partial charge >= 0.3 is 0 Å². The quantitative estimate of drug-likeness (QED) is 0.369. The van der Waals surface area contributed by atoms with Crippen LogP contribution in [0.25, 0.3) is 0 Å². The zero-order valence-electron chi connectivity index (χ0n) is 3.63. The average Bonchev–Trinajstić information content (AvgIpc) is 1.72. The first-order chi connectivity index (χ1) is 3.00. The van der Waals surface area contributed by atoms with E-state index in [0.29, 0.717) is 0 Å². The van der Waals surface area contributed by atoms with Crippen molar-refractivity contribution in [3.63, 3.8) is 0 Å². The molecule has 0 saturated carbocycles. The summed E-state index contributed by atoms with van der Waals surface area (Å²) in [5.41, 5.74) is 0. The van der Waals surface area contributed by atoms with Gasteiger partial charge in [-0.2, -0.15) is 0 Å². The largest absolute Gasteiger partial charge is 0.374 e. The van der Waals surface area contributed by atoms with Gasteiger partial charge in [-0.3, -0.25) is 0 Å². The predicted molar refractivity (Wildman–Crippen MR) is 20.9 cm³/mol. The Labute approximate surface area is 56.9 Å². The van der Waals surface area contributed by atoms with Gasteiger partial charge in [0.25, 0.3) is 0 Å². The van der Waals surface area contributed by atoms with E-state index >= 15 is 0 Å². The fourth-order valence-electron chi connectivity index (χ4n) is 0.225. The first-order valence-electron chi connectivity index (χ1n) is 1.63. The molecular weight excluding hydrogens is 124 g/mol. The van der Waals surface area contributed by atoms with Crippen LogP contribution >= 0.6 is 0 Å². The summed E-state index contributed by atoms with van der Waals surface area (Å²) in [7, 11) is 0. The molecule has 1 aromatic heterocycles. The monoisotopic (exact) mass is 127 g/mol. The maximum atomic E-state index is 3.55. The van der Waals surface area contributed by atoms with Gasteiger partial charge in [0.2, 0.25) is 0 Å². The van der Waals surface area contributed by atoms with Gasteiger partial charge in [0.1, 0.15) is 0 Å². The SMILES string of the molecule is [Ti].[c-]1ncccn1. The van der Waals surface area contributed by atoms with Crippen LogP contribution in [0.5, 0.6) is 0 Å². The molecule has 0 saturated heterocycles. The van der Waals surface area contributed by atoms with E-state index in [1.807, 2.05) is 0 Å². The molecule has 0 N–H and O–H groups in total. The van der Waals surface area contributed by atoms with E-state index in [0.717, 1.165) is 0 Å². The van der Waals surface area contributed by atoms with Gasteiger partial charge in [-0.05, 0) is 0 Å². The molecule has 0 radical (unpaired) electrons. The van der Waals surface area contributed by atoms with Gasteiger partial charge in [0, 0.05) is 28.0 Å². The van der Waals surface area contributed by atoms with Crippen LogP contribution in [0.1, 0.15) is 0 Å². The Morgan fingerprint density at radius 3 is 1.86 bits per heavy atom. The van der Waals surface area contributed by atoms with Gasteiger partial charge in [-0.15, -0.1) is 6.07 Å². The Kier molecular flexibility index (Phi) is 3.85. The molecule has 34 valence electrons. The molecule has 0 aliphatic carbocycles. The molecule has 0 bridgehead atoms. The third kappa shape index (κ3) is 2.48. The van der Waals surface area contributed by atoms with E-state index in [-0.39, 0.29) is 21.7 Å². The van der Waals surface area contributed by atoms with Crippen LogP contribution in [-0.2, 0) is 21.7 Å². The molecule has 0 atom stereocenters. The third-order valence-corrected chi connectivity index (χ3v) is 0.437. The molecule has 0 aliphatic rings. The molecule has 0 spiro atoms. The van der Waals surface area contributed by atoms with Crippen LogP contribution in [0.2, 0.25) is 0 Å². The molecule has 7 heavy (non-hydrogen) atoms. The number of hydrogen-bond acceptors (Lipinski definition) is 2. The summed E-state index contributed by atoms with van der Waals surface area (Å²) in [5, 5.41) is 0. The summed E-state index contributed by atoms with van der Waals surface area (Å²) in [6.45, 7) is 0. The Balaban J connectivity index is 0.000000360. The summed E-state index contributed by atoms with van der Waals surface area (Å²) < 4.78 is 0. The summed E-state index contributed by atoms with van der Waals surface area (Å²) in [5.74, 6) is 0. The van der Waals surface area contributed by atoms with Gasteiger partial charge in [-0.25, -0.2) is 0 Å². The van der Waals surface area contributed by atoms with Gasteiger partial charge in [0.15, 0.2) is 0 Å². The number of nitrogens with zero attached hydrogens (tertiary/aromatic N) is 2. The van der Waals surface area contributed by atoms with E-state index in [1.54, 1.807) is 18.5 Å². The van der Waals surface area contributed by atoms with Gasteiger partial charge in [-0.1, -0.05) is 12.4 Å². The normalized spacial score (nSPS) is 6.86. The molecule has 0 fully saturated rings. The van der Waals surface area contributed by atoms with E-state index < -0.39 is 0 Å². The fraction of sp³-hybridized carbons (Fsp3) is 0. The minimum absolute atomic E-state index is 0. The van der Waals surface area contributed by atoms with Crippen LogP contribution in [-0.4, -0.2) is 9.97 Å². The Morgan fingerprint density at radius 1 is 1.14 bits per heavy atom. The molecule has 1 rings (SSSR count). The van der Waals surface area contributed by atoms with Crippen LogP contribution in [0.4, 0.5) is 0 Å². The van der Waals surface area contributed by atoms with Crippen molar-refractivity contribution in [3.05, 3.63) is 24.8 Å². The van der Waals surface area contributed by atoms with Crippen molar-refractivity contribution in [2.45, 2.75) is 0 Å². The molecule has 1 aromatic rings. The fourth-order valence-corrected chi connectivity index (χ4v) is 0.225. The minimum atomic E-state index is 0. The molecule has 0 unspecified atom stereocenters. The van der Waals surface area contributed by atoms with Crippen molar-refractivity contribution in [2.75, 3.05) is 0 Å². The number of rotatable bonds is 0. The van der Waals surface area contributed by atoms with Crippen molar-refractivity contribution >= 4 is 0 Å². The second-order valence-electron chi connectivity index (χ2n) is 0.849. The molecule has 0 aromatic carbocycles. The van der Waals surface area contributed by atoms with Crippen molar-refractivity contribution in [3.8, 4) is 0 Å². The van der Waals surface area contributed by atoms with Crippen molar-refractivity contribution in [1.29, 1.82) is 0 Å². The van der Waals surface area contributed by atoms with E-state index in [1.165, 1.54) is 0 Å². The second-order valence-corrected chi connectivity index (χ2v) is 0.849.